The van der Waals surface area contributed by atoms with Gasteiger partial charge in [0.2, 0.25) is 5.91 Å². The van der Waals surface area contributed by atoms with E-state index in [0.29, 0.717) is 26.6 Å². The lowest BCUT2D eigenvalue weighted by atomic mass is 10.0. The van der Waals surface area contributed by atoms with Crippen LogP contribution in [0.15, 0.2) is 64.5 Å². The molecule has 174 valence electrons. The van der Waals surface area contributed by atoms with Gasteiger partial charge in [-0.25, -0.2) is 14.2 Å². The Labute approximate surface area is 202 Å². The van der Waals surface area contributed by atoms with E-state index in [0.717, 1.165) is 22.2 Å². The molecule has 0 radical (unpaired) electrons. The Morgan fingerprint density at radius 3 is 2.53 bits per heavy atom. The first-order valence-electron chi connectivity index (χ1n) is 10.4. The number of aryl methyl sites for hydroxylation is 1. The predicted molar refractivity (Wildman–Crippen MR) is 131 cm³/mol. The zero-order chi connectivity index (χ0) is 24.2. The molecule has 34 heavy (non-hydrogen) atoms. The van der Waals surface area contributed by atoms with Crippen LogP contribution in [0.3, 0.4) is 0 Å². The van der Waals surface area contributed by atoms with E-state index in [1.165, 1.54) is 28.0 Å². The van der Waals surface area contributed by atoms with Crippen molar-refractivity contribution in [3.8, 4) is 16.8 Å². The second-order valence-corrected chi connectivity index (χ2v) is 9.29. The summed E-state index contributed by atoms with van der Waals surface area (Å²) in [5.74, 6) is -1.06. The minimum absolute atomic E-state index is 0.140. The number of nitrogens with zero attached hydrogens (tertiary/aromatic N) is 2. The van der Waals surface area contributed by atoms with Gasteiger partial charge in [-0.1, -0.05) is 42.1 Å². The number of thioether (sulfide) groups is 1. The number of alkyl carbamates (subject to hydrolysis) is 1. The number of halogens is 1. The fourth-order valence-corrected chi connectivity index (χ4v) is 5.35. The van der Waals surface area contributed by atoms with Crippen molar-refractivity contribution in [2.24, 2.45) is 0 Å². The molecule has 2 heterocycles. The fourth-order valence-electron chi connectivity index (χ4n) is 3.46. The van der Waals surface area contributed by atoms with Crippen molar-refractivity contribution < 1.29 is 18.7 Å². The first kappa shape index (κ1) is 23.7. The number of thiophene rings is 1. The summed E-state index contributed by atoms with van der Waals surface area (Å²) in [6, 6.07) is 15.0. The van der Waals surface area contributed by atoms with Crippen LogP contribution in [0.25, 0.3) is 27.0 Å². The van der Waals surface area contributed by atoms with Crippen LogP contribution in [0, 0.1) is 12.7 Å². The van der Waals surface area contributed by atoms with Crippen LogP contribution in [-0.2, 0) is 9.53 Å². The normalized spacial score (nSPS) is 10.9. The van der Waals surface area contributed by atoms with E-state index < -0.39 is 12.0 Å². The summed E-state index contributed by atoms with van der Waals surface area (Å²) in [6.07, 6.45) is -0.824. The number of ether oxygens (including phenoxy) is 1. The topological polar surface area (TPSA) is 90.3 Å². The summed E-state index contributed by atoms with van der Waals surface area (Å²) < 4.78 is 19.7. The molecule has 0 aliphatic heterocycles. The molecule has 0 fully saturated rings. The predicted octanol–water partition coefficient (Wildman–Crippen LogP) is 4.93. The van der Waals surface area contributed by atoms with Crippen molar-refractivity contribution in [1.82, 2.24) is 14.9 Å². The largest absolute Gasteiger partial charge is 0.450 e. The highest BCUT2D eigenvalue weighted by molar-refractivity contribution is 7.99. The monoisotopic (exact) mass is 497 g/mol. The summed E-state index contributed by atoms with van der Waals surface area (Å²) >= 11 is 2.40. The fraction of sp³-hybridized carbons (Fsp3) is 0.167. The molecule has 0 saturated heterocycles. The number of carbonyl (C=O) groups excluding carboxylic acids is 2. The SMILES string of the molecule is CCOC(=O)NC(=O)CSc1nc2sc(C)c(-c3ccc(F)cc3)c2c(=O)n1-c1ccccc1. The zero-order valence-corrected chi connectivity index (χ0v) is 20.0. The van der Waals surface area contributed by atoms with Gasteiger partial charge in [-0.3, -0.25) is 19.5 Å². The van der Waals surface area contributed by atoms with E-state index in [2.05, 4.69) is 5.32 Å². The first-order valence-corrected chi connectivity index (χ1v) is 12.2. The highest BCUT2D eigenvalue weighted by Gasteiger charge is 2.21. The third kappa shape index (κ3) is 4.87. The van der Waals surface area contributed by atoms with E-state index in [4.69, 9.17) is 9.72 Å². The minimum atomic E-state index is -0.824. The van der Waals surface area contributed by atoms with Gasteiger partial charge in [-0.2, -0.15) is 0 Å². The smallest absolute Gasteiger partial charge is 0.413 e. The van der Waals surface area contributed by atoms with Gasteiger partial charge in [0.05, 0.1) is 23.4 Å². The van der Waals surface area contributed by atoms with Crippen LogP contribution in [0.5, 0.6) is 0 Å². The maximum Gasteiger partial charge on any atom is 0.413 e. The van der Waals surface area contributed by atoms with E-state index in [-0.39, 0.29) is 23.7 Å². The standard InChI is InChI=1S/C24H20FN3O4S2/c1-3-32-24(31)26-18(29)13-33-23-27-21-20(22(30)28(23)17-7-5-4-6-8-17)19(14(2)34-21)15-9-11-16(25)12-10-15/h4-12H,3,13H2,1-2H3,(H,26,29,31). The molecule has 4 rings (SSSR count). The van der Waals surface area contributed by atoms with Gasteiger partial charge in [0.1, 0.15) is 10.6 Å². The Hall–Kier alpha value is -3.50. The Morgan fingerprint density at radius 1 is 1.15 bits per heavy atom. The van der Waals surface area contributed by atoms with Crippen LogP contribution in [0.2, 0.25) is 0 Å². The zero-order valence-electron chi connectivity index (χ0n) is 18.3. The molecular weight excluding hydrogens is 477 g/mol. The Morgan fingerprint density at radius 2 is 1.85 bits per heavy atom. The van der Waals surface area contributed by atoms with Crippen molar-refractivity contribution in [3.63, 3.8) is 0 Å². The molecule has 10 heteroatoms. The summed E-state index contributed by atoms with van der Waals surface area (Å²) in [5.41, 5.74) is 1.72. The second kappa shape index (κ2) is 10.2. The van der Waals surface area contributed by atoms with Gasteiger partial charge in [-0.15, -0.1) is 11.3 Å². The average Bonchev–Trinajstić information content (AvgIpc) is 3.15. The quantitative estimate of drug-likeness (QED) is 0.300. The van der Waals surface area contributed by atoms with Gasteiger partial charge in [-0.05, 0) is 43.7 Å². The average molecular weight is 498 g/mol. The summed E-state index contributed by atoms with van der Waals surface area (Å²) in [5, 5.41) is 2.88. The molecule has 1 N–H and O–H groups in total. The lowest BCUT2D eigenvalue weighted by molar-refractivity contribution is -0.117. The van der Waals surface area contributed by atoms with Crippen molar-refractivity contribution in [3.05, 3.63) is 75.6 Å². The molecule has 7 nitrogen and oxygen atoms in total. The van der Waals surface area contributed by atoms with Crippen LogP contribution in [0.4, 0.5) is 9.18 Å². The maximum absolute atomic E-state index is 13.8. The van der Waals surface area contributed by atoms with Crippen molar-refractivity contribution >= 4 is 45.3 Å². The van der Waals surface area contributed by atoms with Crippen molar-refractivity contribution in [2.45, 2.75) is 19.0 Å². The highest BCUT2D eigenvalue weighted by Crippen LogP contribution is 2.37. The van der Waals surface area contributed by atoms with Crippen molar-refractivity contribution in [2.75, 3.05) is 12.4 Å². The van der Waals surface area contributed by atoms with Gasteiger partial charge in [0.25, 0.3) is 5.56 Å². The van der Waals surface area contributed by atoms with Crippen molar-refractivity contribution in [1.29, 1.82) is 0 Å². The van der Waals surface area contributed by atoms with Crippen LogP contribution in [0.1, 0.15) is 11.8 Å². The third-order valence-corrected chi connectivity index (χ3v) is 6.81. The molecule has 0 atom stereocenters. The number of aromatic nitrogens is 2. The number of nitrogens with one attached hydrogen (secondary N) is 1. The number of amides is 2. The lowest BCUT2D eigenvalue weighted by Crippen LogP contribution is -2.32. The first-order chi connectivity index (χ1) is 16.4. The Bertz CT molecular complexity index is 1420. The molecule has 0 spiro atoms. The highest BCUT2D eigenvalue weighted by atomic mass is 32.2. The van der Waals surface area contributed by atoms with Crippen LogP contribution >= 0.6 is 23.1 Å². The number of para-hydroxylation sites is 1. The van der Waals surface area contributed by atoms with E-state index >= 15 is 0 Å². The van der Waals surface area contributed by atoms with Crippen LogP contribution in [-0.4, -0.2) is 33.9 Å². The molecule has 0 aliphatic carbocycles. The maximum atomic E-state index is 13.8. The molecule has 2 aromatic heterocycles. The van der Waals surface area contributed by atoms with Gasteiger partial charge in [0.15, 0.2) is 5.16 Å². The van der Waals surface area contributed by atoms with Crippen LogP contribution < -0.4 is 10.9 Å². The van der Waals surface area contributed by atoms with E-state index in [1.807, 2.05) is 13.0 Å². The number of imide groups is 1. The number of rotatable bonds is 6. The molecule has 0 unspecified atom stereocenters. The lowest BCUT2D eigenvalue weighted by Gasteiger charge is -2.12. The Balaban J connectivity index is 1.81. The number of hydrogen-bond acceptors (Lipinski definition) is 7. The molecule has 2 amide bonds. The van der Waals surface area contributed by atoms with E-state index in [1.54, 1.807) is 43.3 Å². The van der Waals surface area contributed by atoms with E-state index in [9.17, 15) is 18.8 Å². The van der Waals surface area contributed by atoms with Gasteiger partial charge >= 0.3 is 6.09 Å². The molecule has 0 saturated carbocycles. The minimum Gasteiger partial charge on any atom is -0.450 e. The number of fused-ring (bicyclic) bond motifs is 1. The molecule has 0 bridgehead atoms. The summed E-state index contributed by atoms with van der Waals surface area (Å²) in [4.78, 5) is 43.6. The Kier molecular flexibility index (Phi) is 7.09. The second-order valence-electron chi connectivity index (χ2n) is 7.15. The third-order valence-electron chi connectivity index (χ3n) is 4.87. The van der Waals surface area contributed by atoms with Gasteiger partial charge < -0.3 is 4.74 Å². The number of benzene rings is 2. The number of carbonyl (C=O) groups is 2. The number of hydrogen-bond donors (Lipinski definition) is 1. The van der Waals surface area contributed by atoms with Gasteiger partial charge in [0, 0.05) is 10.4 Å². The molecule has 0 aliphatic rings. The molecule has 4 aromatic rings. The summed E-state index contributed by atoms with van der Waals surface area (Å²) in [6.45, 7) is 3.67. The summed E-state index contributed by atoms with van der Waals surface area (Å²) in [7, 11) is 0. The molecule has 2 aromatic carbocycles. The molecular formula is C24H20FN3O4S2.